The molecule has 0 fully saturated rings. The fourth-order valence-corrected chi connectivity index (χ4v) is 4.70. The smallest absolute Gasteiger partial charge is 0.267 e. The highest BCUT2D eigenvalue weighted by atomic mass is 35.5. The molecule has 2 heterocycles. The minimum absolute atomic E-state index is 0.0521. The largest absolute Gasteiger partial charge is 0.495 e. The lowest BCUT2D eigenvalue weighted by molar-refractivity contribution is -0.113. The van der Waals surface area contributed by atoms with Crippen LogP contribution in [-0.4, -0.2) is 33.6 Å². The van der Waals surface area contributed by atoms with Gasteiger partial charge in [0, 0.05) is 23.7 Å². The van der Waals surface area contributed by atoms with Crippen molar-refractivity contribution in [3.05, 3.63) is 39.3 Å². The molecule has 0 radical (unpaired) electrons. The molecule has 0 bridgehead atoms. The number of halogens is 1. The highest BCUT2D eigenvalue weighted by molar-refractivity contribution is 8.00. The summed E-state index contributed by atoms with van der Waals surface area (Å²) in [6.07, 6.45) is 0.773. The van der Waals surface area contributed by atoms with Gasteiger partial charge in [0.05, 0.1) is 29.1 Å². The zero-order valence-electron chi connectivity index (χ0n) is 14.5. The van der Waals surface area contributed by atoms with Gasteiger partial charge in [-0.2, -0.15) is 0 Å². The Morgan fingerprint density at radius 3 is 3.04 bits per heavy atom. The summed E-state index contributed by atoms with van der Waals surface area (Å²) in [7, 11) is 3.20. The maximum atomic E-state index is 12.4. The van der Waals surface area contributed by atoms with Crippen LogP contribution in [0.2, 0.25) is 5.02 Å². The lowest BCUT2D eigenvalue weighted by Crippen LogP contribution is -2.23. The van der Waals surface area contributed by atoms with Crippen LogP contribution in [-0.2, 0) is 18.3 Å². The van der Waals surface area contributed by atoms with Crippen LogP contribution < -0.4 is 15.6 Å². The first-order valence-corrected chi connectivity index (χ1v) is 10.2. The molecule has 0 saturated heterocycles. The number of hydrogen-bond acceptors (Lipinski definition) is 6. The third-order valence-electron chi connectivity index (χ3n) is 3.85. The van der Waals surface area contributed by atoms with E-state index in [-0.39, 0.29) is 17.2 Å². The highest BCUT2D eigenvalue weighted by Crippen LogP contribution is 2.34. The molecule has 3 rings (SSSR count). The number of nitrogens with one attached hydrogen (secondary N) is 1. The Balaban J connectivity index is 1.71. The lowest BCUT2D eigenvalue weighted by atomic mass is 10.2. The molecule has 6 nitrogen and oxygen atoms in total. The molecule has 1 aromatic heterocycles. The van der Waals surface area contributed by atoms with E-state index in [4.69, 9.17) is 16.3 Å². The number of carbonyl (C=O) groups is 1. The zero-order valence-corrected chi connectivity index (χ0v) is 16.9. The number of carbonyl (C=O) groups excluding carboxylic acids is 1. The van der Waals surface area contributed by atoms with Crippen LogP contribution in [0.15, 0.2) is 33.0 Å². The summed E-state index contributed by atoms with van der Waals surface area (Å²) in [5, 5.41) is 4.17. The van der Waals surface area contributed by atoms with Gasteiger partial charge < -0.3 is 10.1 Å². The molecule has 9 heteroatoms. The standard InChI is InChI=1S/C17H18ClN3O3S2/c1-9-6-12-15(26-9)16(23)21(2)17(20-12)25-8-14(22)19-11-7-10(18)4-5-13(11)24-3/h4-5,7,9H,6,8H2,1-3H3,(H,19,22)/t9-/m1/s1. The second-order valence-electron chi connectivity index (χ2n) is 5.85. The van der Waals surface area contributed by atoms with Gasteiger partial charge in [0.1, 0.15) is 5.75 Å². The molecular formula is C17H18ClN3O3S2. The molecule has 1 amide bonds. The average molecular weight is 412 g/mol. The SMILES string of the molecule is COc1ccc(Cl)cc1NC(=O)CSc1nc2c(c(=O)n1C)S[C@H](C)C2. The monoisotopic (exact) mass is 411 g/mol. The van der Waals surface area contributed by atoms with Crippen molar-refractivity contribution < 1.29 is 9.53 Å². The number of nitrogens with zero attached hydrogens (tertiary/aromatic N) is 2. The van der Waals surface area contributed by atoms with Gasteiger partial charge in [-0.1, -0.05) is 30.3 Å². The van der Waals surface area contributed by atoms with E-state index in [9.17, 15) is 9.59 Å². The first-order chi connectivity index (χ1) is 12.4. The Kier molecular flexibility index (Phi) is 5.84. The Bertz CT molecular complexity index is 917. The van der Waals surface area contributed by atoms with Crippen molar-refractivity contribution >= 4 is 46.7 Å². The predicted molar refractivity (Wildman–Crippen MR) is 106 cm³/mol. The molecule has 1 atom stereocenters. The maximum Gasteiger partial charge on any atom is 0.267 e. The molecule has 1 aliphatic rings. The number of methoxy groups -OCH3 is 1. The van der Waals surface area contributed by atoms with E-state index in [2.05, 4.69) is 17.2 Å². The summed E-state index contributed by atoms with van der Waals surface area (Å²) >= 11 is 8.76. The number of benzene rings is 1. The van der Waals surface area contributed by atoms with Gasteiger partial charge in [-0.25, -0.2) is 4.98 Å². The van der Waals surface area contributed by atoms with Crippen molar-refractivity contribution in [2.75, 3.05) is 18.2 Å². The number of aromatic nitrogens is 2. The van der Waals surface area contributed by atoms with Crippen LogP contribution >= 0.6 is 35.1 Å². The topological polar surface area (TPSA) is 73.2 Å². The Morgan fingerprint density at radius 2 is 2.31 bits per heavy atom. The van der Waals surface area contributed by atoms with Gasteiger partial charge in [-0.15, -0.1) is 11.8 Å². The molecule has 1 aromatic carbocycles. The summed E-state index contributed by atoms with van der Waals surface area (Å²) in [5.41, 5.74) is 1.28. The molecule has 0 unspecified atom stereocenters. The molecular weight excluding hydrogens is 394 g/mol. The molecule has 0 saturated carbocycles. The van der Waals surface area contributed by atoms with Crippen LogP contribution in [0.25, 0.3) is 0 Å². The van der Waals surface area contributed by atoms with Gasteiger partial charge in [0.2, 0.25) is 5.91 Å². The molecule has 1 aliphatic heterocycles. The van der Waals surface area contributed by atoms with E-state index in [0.29, 0.717) is 26.9 Å². The highest BCUT2D eigenvalue weighted by Gasteiger charge is 2.25. The molecule has 2 aromatic rings. The number of thioether (sulfide) groups is 2. The summed E-state index contributed by atoms with van der Waals surface area (Å²) in [6.45, 7) is 2.07. The van der Waals surface area contributed by atoms with Crippen LogP contribution in [0.3, 0.4) is 0 Å². The predicted octanol–water partition coefficient (Wildman–Crippen LogP) is 3.21. The van der Waals surface area contributed by atoms with Gasteiger partial charge >= 0.3 is 0 Å². The second-order valence-corrected chi connectivity index (χ2v) is 8.68. The van der Waals surface area contributed by atoms with Gasteiger partial charge in [-0.3, -0.25) is 14.2 Å². The summed E-state index contributed by atoms with van der Waals surface area (Å²) in [5.74, 6) is 0.423. The van der Waals surface area contributed by atoms with Gasteiger partial charge in [0.25, 0.3) is 5.56 Å². The van der Waals surface area contributed by atoms with Crippen LogP contribution in [0.5, 0.6) is 5.75 Å². The first kappa shape index (κ1) is 19.1. The number of fused-ring (bicyclic) bond motifs is 1. The summed E-state index contributed by atoms with van der Waals surface area (Å²) in [4.78, 5) is 30.0. The molecule has 26 heavy (non-hydrogen) atoms. The third-order valence-corrected chi connectivity index (χ3v) is 6.33. The quantitative estimate of drug-likeness (QED) is 0.601. The Labute approximate surface area is 164 Å². The number of hydrogen-bond donors (Lipinski definition) is 1. The fraction of sp³-hybridized carbons (Fsp3) is 0.353. The van der Waals surface area contributed by atoms with Crippen molar-refractivity contribution in [2.24, 2.45) is 7.05 Å². The van der Waals surface area contributed by atoms with Crippen molar-refractivity contribution in [3.8, 4) is 5.75 Å². The van der Waals surface area contributed by atoms with E-state index in [1.165, 1.54) is 23.4 Å². The molecule has 0 spiro atoms. The van der Waals surface area contributed by atoms with Gasteiger partial charge in [-0.05, 0) is 18.2 Å². The van der Waals surface area contributed by atoms with E-state index in [1.54, 1.807) is 37.0 Å². The Morgan fingerprint density at radius 1 is 1.54 bits per heavy atom. The molecule has 1 N–H and O–H groups in total. The lowest BCUT2D eigenvalue weighted by Gasteiger charge is -2.11. The maximum absolute atomic E-state index is 12.4. The Hall–Kier alpha value is -1.64. The molecule has 0 aliphatic carbocycles. The number of anilines is 1. The van der Waals surface area contributed by atoms with Crippen LogP contribution in [0.4, 0.5) is 5.69 Å². The van der Waals surface area contributed by atoms with E-state index < -0.39 is 0 Å². The van der Waals surface area contributed by atoms with E-state index in [0.717, 1.165) is 17.0 Å². The first-order valence-electron chi connectivity index (χ1n) is 7.91. The molecule has 138 valence electrons. The van der Waals surface area contributed by atoms with Crippen molar-refractivity contribution in [2.45, 2.75) is 28.6 Å². The van der Waals surface area contributed by atoms with Crippen molar-refractivity contribution in [1.82, 2.24) is 9.55 Å². The second kappa shape index (κ2) is 7.94. The zero-order chi connectivity index (χ0) is 18.8. The third kappa shape index (κ3) is 4.02. The number of amides is 1. The fourth-order valence-electron chi connectivity index (χ4n) is 2.60. The van der Waals surface area contributed by atoms with Crippen molar-refractivity contribution in [3.63, 3.8) is 0 Å². The minimum Gasteiger partial charge on any atom is -0.495 e. The van der Waals surface area contributed by atoms with Crippen molar-refractivity contribution in [1.29, 1.82) is 0 Å². The van der Waals surface area contributed by atoms with E-state index in [1.807, 2.05) is 0 Å². The summed E-state index contributed by atoms with van der Waals surface area (Å²) in [6, 6.07) is 5.01. The number of ether oxygens (including phenoxy) is 1. The normalized spacial score (nSPS) is 15.6. The minimum atomic E-state index is -0.229. The van der Waals surface area contributed by atoms with E-state index >= 15 is 0 Å². The summed E-state index contributed by atoms with van der Waals surface area (Å²) < 4.78 is 6.72. The van der Waals surface area contributed by atoms with Crippen LogP contribution in [0.1, 0.15) is 12.6 Å². The average Bonchev–Trinajstić information content (AvgIpc) is 2.97. The number of rotatable bonds is 5. The van der Waals surface area contributed by atoms with Gasteiger partial charge in [0.15, 0.2) is 5.16 Å². The van der Waals surface area contributed by atoms with Crippen LogP contribution in [0, 0.1) is 0 Å².